The van der Waals surface area contributed by atoms with Crippen molar-refractivity contribution in [2.45, 2.75) is 25.7 Å². The fourth-order valence-electron chi connectivity index (χ4n) is 3.03. The summed E-state index contributed by atoms with van der Waals surface area (Å²) in [5.41, 5.74) is 3.11. The van der Waals surface area contributed by atoms with Gasteiger partial charge in [-0.2, -0.15) is 0 Å². The van der Waals surface area contributed by atoms with Crippen molar-refractivity contribution >= 4 is 11.7 Å². The minimum atomic E-state index is -0.360. The molecule has 3 rings (SSSR count). The van der Waals surface area contributed by atoms with Crippen LogP contribution in [0.5, 0.6) is 0 Å². The van der Waals surface area contributed by atoms with Gasteiger partial charge in [0.15, 0.2) is 0 Å². The van der Waals surface area contributed by atoms with Crippen LogP contribution in [0.3, 0.4) is 0 Å². The Balaban J connectivity index is 1.76. The second-order valence-electron chi connectivity index (χ2n) is 5.56. The second-order valence-corrected chi connectivity index (χ2v) is 5.56. The van der Waals surface area contributed by atoms with Crippen LogP contribution in [0.1, 0.15) is 34.3 Å². The van der Waals surface area contributed by atoms with Gasteiger partial charge in [-0.05, 0) is 49.4 Å². The predicted molar refractivity (Wildman–Crippen MR) is 76.9 cm³/mol. The Hall–Kier alpha value is -1.68. The number of amides is 1. The summed E-state index contributed by atoms with van der Waals surface area (Å²) in [6, 6.07) is 5.73. The number of hydrogen-bond donors (Lipinski definition) is 1. The lowest BCUT2D eigenvalue weighted by Crippen LogP contribution is -2.38. The zero-order valence-corrected chi connectivity index (χ0v) is 11.7. The number of nitrogens with one attached hydrogen (secondary N) is 1. The minimum Gasteiger partial charge on any atom is -0.334 e. The summed E-state index contributed by atoms with van der Waals surface area (Å²) in [5, 5.41) is 3.24. The molecular weight excluding hydrogens is 252 g/mol. The van der Waals surface area contributed by atoms with Gasteiger partial charge in [0, 0.05) is 25.2 Å². The molecule has 1 aromatic rings. The van der Waals surface area contributed by atoms with E-state index in [1.165, 1.54) is 11.1 Å². The van der Waals surface area contributed by atoms with Crippen molar-refractivity contribution in [2.75, 3.05) is 26.2 Å². The molecule has 1 aliphatic heterocycles. The molecular formula is C16H20N2O2. The average molecular weight is 272 g/mol. The zero-order valence-electron chi connectivity index (χ0n) is 11.7. The molecule has 20 heavy (non-hydrogen) atoms. The first-order chi connectivity index (χ1) is 9.75. The molecule has 1 aromatic carbocycles. The molecule has 0 saturated carbocycles. The van der Waals surface area contributed by atoms with E-state index in [4.69, 9.17) is 0 Å². The quantitative estimate of drug-likeness (QED) is 0.649. The first-order valence-corrected chi connectivity index (χ1v) is 7.42. The third kappa shape index (κ3) is 2.61. The van der Waals surface area contributed by atoms with Crippen LogP contribution in [0.4, 0.5) is 0 Å². The van der Waals surface area contributed by atoms with Crippen LogP contribution in [-0.2, 0) is 17.6 Å². The van der Waals surface area contributed by atoms with Crippen LogP contribution in [0.25, 0.3) is 0 Å². The van der Waals surface area contributed by atoms with Crippen molar-refractivity contribution in [1.29, 1.82) is 0 Å². The minimum absolute atomic E-state index is 0.355. The molecule has 1 fully saturated rings. The Kier molecular flexibility index (Phi) is 3.83. The SMILES string of the molecule is O=C(C(=O)N1CCCNCC1)c1ccc2c(c1)CCC2. The van der Waals surface area contributed by atoms with E-state index < -0.39 is 0 Å². The molecule has 2 aliphatic rings. The van der Waals surface area contributed by atoms with Crippen LogP contribution in [-0.4, -0.2) is 42.8 Å². The Morgan fingerprint density at radius 1 is 1.00 bits per heavy atom. The van der Waals surface area contributed by atoms with Gasteiger partial charge < -0.3 is 10.2 Å². The number of fused-ring (bicyclic) bond motifs is 1. The normalized spacial score (nSPS) is 18.5. The Bertz CT molecular complexity index is 531. The highest BCUT2D eigenvalue weighted by Crippen LogP contribution is 2.23. The first-order valence-electron chi connectivity index (χ1n) is 7.42. The molecule has 0 atom stereocenters. The first kappa shape index (κ1) is 13.3. The fourth-order valence-corrected chi connectivity index (χ4v) is 3.03. The van der Waals surface area contributed by atoms with E-state index in [9.17, 15) is 9.59 Å². The number of carbonyl (C=O) groups is 2. The maximum absolute atomic E-state index is 12.3. The maximum Gasteiger partial charge on any atom is 0.295 e. The van der Waals surface area contributed by atoms with E-state index in [-0.39, 0.29) is 11.7 Å². The summed E-state index contributed by atoms with van der Waals surface area (Å²) in [6.07, 6.45) is 4.18. The molecule has 0 spiro atoms. The van der Waals surface area contributed by atoms with E-state index in [0.29, 0.717) is 18.7 Å². The lowest BCUT2D eigenvalue weighted by molar-refractivity contribution is -0.126. The summed E-state index contributed by atoms with van der Waals surface area (Å²) in [6.45, 7) is 2.97. The van der Waals surface area contributed by atoms with Gasteiger partial charge >= 0.3 is 0 Å². The molecule has 4 heteroatoms. The van der Waals surface area contributed by atoms with Crippen LogP contribution in [0.15, 0.2) is 18.2 Å². The molecule has 0 aromatic heterocycles. The number of Topliss-reactive ketones (excluding diaryl/α,β-unsaturated/α-hetero) is 1. The van der Waals surface area contributed by atoms with Gasteiger partial charge in [0.1, 0.15) is 0 Å². The van der Waals surface area contributed by atoms with Crippen molar-refractivity contribution in [2.24, 2.45) is 0 Å². The lowest BCUT2D eigenvalue weighted by Gasteiger charge is -2.19. The van der Waals surface area contributed by atoms with Gasteiger partial charge in [-0.25, -0.2) is 0 Å². The smallest absolute Gasteiger partial charge is 0.295 e. The average Bonchev–Trinajstić information content (AvgIpc) is 2.77. The number of aryl methyl sites for hydroxylation is 2. The van der Waals surface area contributed by atoms with Crippen LogP contribution in [0, 0.1) is 0 Å². The number of benzene rings is 1. The molecule has 0 unspecified atom stereocenters. The predicted octanol–water partition coefficient (Wildman–Crippen LogP) is 1.18. The Morgan fingerprint density at radius 2 is 1.85 bits per heavy atom. The summed E-state index contributed by atoms with van der Waals surface area (Å²) in [7, 11) is 0. The highest BCUT2D eigenvalue weighted by atomic mass is 16.2. The fraction of sp³-hybridized carbons (Fsp3) is 0.500. The van der Waals surface area contributed by atoms with Crippen LogP contribution < -0.4 is 5.32 Å². The van der Waals surface area contributed by atoms with Crippen molar-refractivity contribution in [3.05, 3.63) is 34.9 Å². The monoisotopic (exact) mass is 272 g/mol. The van der Waals surface area contributed by atoms with E-state index >= 15 is 0 Å². The van der Waals surface area contributed by atoms with E-state index in [1.807, 2.05) is 12.1 Å². The van der Waals surface area contributed by atoms with Gasteiger partial charge in [0.05, 0.1) is 0 Å². The van der Waals surface area contributed by atoms with Gasteiger partial charge in [0.25, 0.3) is 5.91 Å². The number of rotatable bonds is 2. The van der Waals surface area contributed by atoms with Gasteiger partial charge in [-0.3, -0.25) is 9.59 Å². The van der Waals surface area contributed by atoms with E-state index in [0.717, 1.165) is 38.8 Å². The standard InChI is InChI=1S/C16H20N2O2/c19-15(16(20)18-9-2-7-17-8-10-18)14-6-5-12-3-1-4-13(12)11-14/h5-6,11,17H,1-4,7-10H2. The third-order valence-electron chi connectivity index (χ3n) is 4.18. The second kappa shape index (κ2) is 5.75. The van der Waals surface area contributed by atoms with Crippen molar-refractivity contribution in [3.8, 4) is 0 Å². The molecule has 106 valence electrons. The molecule has 0 radical (unpaired) electrons. The topological polar surface area (TPSA) is 49.4 Å². The van der Waals surface area contributed by atoms with E-state index in [1.54, 1.807) is 11.0 Å². The number of ketones is 1. The van der Waals surface area contributed by atoms with Gasteiger partial charge in [-0.15, -0.1) is 0 Å². The van der Waals surface area contributed by atoms with Crippen molar-refractivity contribution in [3.63, 3.8) is 0 Å². The lowest BCUT2D eigenvalue weighted by atomic mass is 10.0. The summed E-state index contributed by atoms with van der Waals surface area (Å²) < 4.78 is 0. The summed E-state index contributed by atoms with van der Waals surface area (Å²) in [5.74, 6) is -0.715. The van der Waals surface area contributed by atoms with Crippen LogP contribution >= 0.6 is 0 Å². The third-order valence-corrected chi connectivity index (χ3v) is 4.18. The summed E-state index contributed by atoms with van der Waals surface area (Å²) in [4.78, 5) is 26.3. The number of carbonyl (C=O) groups excluding carboxylic acids is 2. The van der Waals surface area contributed by atoms with E-state index in [2.05, 4.69) is 5.32 Å². The zero-order chi connectivity index (χ0) is 13.9. The van der Waals surface area contributed by atoms with Gasteiger partial charge in [0.2, 0.25) is 5.78 Å². The largest absolute Gasteiger partial charge is 0.334 e. The molecule has 1 amide bonds. The van der Waals surface area contributed by atoms with Crippen molar-refractivity contribution < 1.29 is 9.59 Å². The maximum atomic E-state index is 12.3. The molecule has 1 N–H and O–H groups in total. The van der Waals surface area contributed by atoms with Crippen LogP contribution in [0.2, 0.25) is 0 Å². The van der Waals surface area contributed by atoms with Crippen molar-refractivity contribution in [1.82, 2.24) is 10.2 Å². The Morgan fingerprint density at radius 3 is 2.75 bits per heavy atom. The highest BCUT2D eigenvalue weighted by Gasteiger charge is 2.24. The summed E-state index contributed by atoms with van der Waals surface area (Å²) >= 11 is 0. The number of hydrogen-bond acceptors (Lipinski definition) is 3. The molecule has 1 aliphatic carbocycles. The molecule has 0 bridgehead atoms. The van der Waals surface area contributed by atoms with Gasteiger partial charge in [-0.1, -0.05) is 12.1 Å². The highest BCUT2D eigenvalue weighted by molar-refractivity contribution is 6.42. The molecule has 1 heterocycles. The molecule has 1 saturated heterocycles. The molecule has 4 nitrogen and oxygen atoms in total. The Labute approximate surface area is 119 Å². The number of nitrogens with zero attached hydrogens (tertiary/aromatic N) is 1.